The summed E-state index contributed by atoms with van der Waals surface area (Å²) in [5.74, 6) is 1.55. The molecule has 9 heteroatoms. The predicted octanol–water partition coefficient (Wildman–Crippen LogP) is 3.34. The van der Waals surface area contributed by atoms with Gasteiger partial charge in [-0.1, -0.05) is 41.9 Å². The molecule has 0 unspecified atom stereocenters. The van der Waals surface area contributed by atoms with Crippen LogP contribution in [0, 0.1) is 13.8 Å². The second kappa shape index (κ2) is 8.78. The van der Waals surface area contributed by atoms with Crippen LogP contribution in [0.5, 0.6) is 0 Å². The molecule has 4 aromatic rings. The lowest BCUT2D eigenvalue weighted by Crippen LogP contribution is -2.49. The van der Waals surface area contributed by atoms with Crippen LogP contribution < -0.4 is 4.90 Å². The van der Waals surface area contributed by atoms with Crippen LogP contribution in [0.2, 0.25) is 5.15 Å². The first-order chi connectivity index (χ1) is 16.0. The quantitative estimate of drug-likeness (QED) is 0.434. The average Bonchev–Trinajstić information content (AvgIpc) is 3.27. The van der Waals surface area contributed by atoms with E-state index in [4.69, 9.17) is 11.6 Å². The lowest BCUT2D eigenvalue weighted by atomic mass is 10.0. The van der Waals surface area contributed by atoms with Gasteiger partial charge in [0.25, 0.3) is 11.7 Å². The van der Waals surface area contributed by atoms with Gasteiger partial charge in [-0.2, -0.15) is 14.6 Å². The van der Waals surface area contributed by atoms with E-state index < -0.39 is 0 Å². The largest absolute Gasteiger partial charge is 0.353 e. The van der Waals surface area contributed by atoms with E-state index in [2.05, 4.69) is 37.1 Å². The number of carbonyl (C=O) groups excluding carboxylic acids is 1. The highest BCUT2D eigenvalue weighted by Crippen LogP contribution is 2.27. The Bertz CT molecular complexity index is 1290. The minimum absolute atomic E-state index is 0.0247. The van der Waals surface area contributed by atoms with Crippen molar-refractivity contribution in [1.29, 1.82) is 0 Å². The summed E-state index contributed by atoms with van der Waals surface area (Å²) in [4.78, 5) is 30.3. The van der Waals surface area contributed by atoms with Crippen LogP contribution in [-0.2, 0) is 6.42 Å². The van der Waals surface area contributed by atoms with Gasteiger partial charge in [-0.15, -0.1) is 0 Å². The highest BCUT2D eigenvalue weighted by atomic mass is 35.5. The Hall–Kier alpha value is -3.52. The molecule has 1 aliphatic rings. The fourth-order valence-corrected chi connectivity index (χ4v) is 4.61. The number of aryl methyl sites for hydroxylation is 2. The van der Waals surface area contributed by atoms with Crippen molar-refractivity contribution in [2.24, 2.45) is 0 Å². The van der Waals surface area contributed by atoms with Gasteiger partial charge in [0.1, 0.15) is 17.3 Å². The van der Waals surface area contributed by atoms with Gasteiger partial charge in [0, 0.05) is 55.1 Å². The van der Waals surface area contributed by atoms with Crippen molar-refractivity contribution < 1.29 is 4.79 Å². The van der Waals surface area contributed by atoms with Crippen molar-refractivity contribution in [3.63, 3.8) is 0 Å². The number of hydrogen-bond donors (Lipinski definition) is 0. The Morgan fingerprint density at radius 2 is 1.79 bits per heavy atom. The molecule has 168 valence electrons. The number of fused-ring (bicyclic) bond motifs is 1. The van der Waals surface area contributed by atoms with Crippen LogP contribution in [0.3, 0.4) is 0 Å². The van der Waals surface area contributed by atoms with E-state index >= 15 is 0 Å². The number of hydrogen-bond acceptors (Lipinski definition) is 6. The Kier molecular flexibility index (Phi) is 5.68. The molecule has 0 aliphatic carbocycles. The minimum atomic E-state index is -0.0247. The number of rotatable bonds is 4. The summed E-state index contributed by atoms with van der Waals surface area (Å²) in [7, 11) is 0. The second-order valence-electron chi connectivity index (χ2n) is 8.23. The summed E-state index contributed by atoms with van der Waals surface area (Å²) >= 11 is 6.07. The summed E-state index contributed by atoms with van der Waals surface area (Å²) in [6.07, 6.45) is 2.28. The molecule has 0 spiro atoms. The van der Waals surface area contributed by atoms with Crippen LogP contribution in [-0.4, -0.2) is 61.6 Å². The molecule has 0 radical (unpaired) electrons. The molecule has 1 saturated heterocycles. The normalized spacial score (nSPS) is 14.2. The molecule has 33 heavy (non-hydrogen) atoms. The number of aromatic nitrogens is 5. The summed E-state index contributed by atoms with van der Waals surface area (Å²) < 4.78 is 1.81. The van der Waals surface area contributed by atoms with E-state index in [1.54, 1.807) is 12.1 Å². The van der Waals surface area contributed by atoms with Crippen molar-refractivity contribution in [1.82, 2.24) is 29.5 Å². The second-order valence-corrected chi connectivity index (χ2v) is 8.62. The Labute approximate surface area is 196 Å². The van der Waals surface area contributed by atoms with Crippen LogP contribution in [0.15, 0.2) is 48.8 Å². The van der Waals surface area contributed by atoms with E-state index in [1.165, 1.54) is 11.9 Å². The number of anilines is 1. The molecule has 0 saturated carbocycles. The van der Waals surface area contributed by atoms with Gasteiger partial charge in [-0.25, -0.2) is 9.97 Å². The first-order valence-corrected chi connectivity index (χ1v) is 11.3. The molecule has 4 heterocycles. The van der Waals surface area contributed by atoms with Crippen molar-refractivity contribution in [2.75, 3.05) is 31.1 Å². The van der Waals surface area contributed by atoms with E-state index in [0.717, 1.165) is 29.2 Å². The molecular formula is C24H24ClN7O. The van der Waals surface area contributed by atoms with Gasteiger partial charge in [0.05, 0.1) is 0 Å². The lowest BCUT2D eigenvalue weighted by molar-refractivity contribution is 0.0746. The van der Waals surface area contributed by atoms with Gasteiger partial charge < -0.3 is 9.80 Å². The number of piperazine rings is 1. The molecule has 0 N–H and O–H groups in total. The number of carbonyl (C=O) groups is 1. The molecule has 1 aliphatic heterocycles. The average molecular weight is 462 g/mol. The topological polar surface area (TPSA) is 79.5 Å². The molecule has 0 bridgehead atoms. The van der Waals surface area contributed by atoms with Gasteiger partial charge in [0.15, 0.2) is 0 Å². The smallest absolute Gasteiger partial charge is 0.254 e. The maximum absolute atomic E-state index is 13.1. The molecule has 1 fully saturated rings. The molecule has 1 aromatic carbocycles. The third kappa shape index (κ3) is 4.26. The van der Waals surface area contributed by atoms with E-state index in [1.807, 2.05) is 41.5 Å². The summed E-state index contributed by atoms with van der Waals surface area (Å²) in [6.45, 7) is 6.42. The van der Waals surface area contributed by atoms with Crippen molar-refractivity contribution in [3.8, 4) is 0 Å². The molecule has 8 nitrogen and oxygen atoms in total. The number of benzene rings is 1. The zero-order valence-corrected chi connectivity index (χ0v) is 19.3. The van der Waals surface area contributed by atoms with Gasteiger partial charge >= 0.3 is 0 Å². The van der Waals surface area contributed by atoms with Crippen molar-refractivity contribution >= 4 is 29.1 Å². The number of amides is 1. The van der Waals surface area contributed by atoms with E-state index in [0.29, 0.717) is 42.7 Å². The summed E-state index contributed by atoms with van der Waals surface area (Å²) in [5.41, 5.74) is 4.58. The molecular weight excluding hydrogens is 438 g/mol. The zero-order chi connectivity index (χ0) is 22.9. The number of nitrogens with zero attached hydrogens (tertiary/aromatic N) is 7. The third-order valence-corrected chi connectivity index (χ3v) is 6.16. The Morgan fingerprint density at radius 3 is 2.52 bits per heavy atom. The third-order valence-electron chi connectivity index (χ3n) is 5.96. The summed E-state index contributed by atoms with van der Waals surface area (Å²) in [6, 6.07) is 13.8. The van der Waals surface area contributed by atoms with Crippen LogP contribution in [0.4, 0.5) is 5.82 Å². The maximum atomic E-state index is 13.1. The first kappa shape index (κ1) is 21.3. The zero-order valence-electron chi connectivity index (χ0n) is 18.6. The standard InChI is InChI=1S/C24H24ClN7O/c1-16-12-19(14-21(25)28-16)23(33)31-10-8-30(9-11-31)22-20(13-18-6-4-3-5-7-18)17(2)29-24-26-15-27-32(22)24/h3-7,12,14-15H,8-11,13H2,1-2H3. The number of halogens is 1. The van der Waals surface area contributed by atoms with Crippen LogP contribution >= 0.6 is 11.6 Å². The molecule has 1 amide bonds. The SMILES string of the molecule is Cc1cc(C(=O)N2CCN(c3c(Cc4ccccc4)c(C)nc4ncnn34)CC2)cc(Cl)n1. The molecule has 5 rings (SSSR count). The fourth-order valence-electron chi connectivity index (χ4n) is 4.36. The molecule has 3 aromatic heterocycles. The minimum Gasteiger partial charge on any atom is -0.353 e. The lowest BCUT2D eigenvalue weighted by Gasteiger charge is -2.37. The fraction of sp³-hybridized carbons (Fsp3) is 0.292. The predicted molar refractivity (Wildman–Crippen MR) is 127 cm³/mol. The van der Waals surface area contributed by atoms with Crippen LogP contribution in [0.1, 0.15) is 32.9 Å². The van der Waals surface area contributed by atoms with E-state index in [9.17, 15) is 4.79 Å². The van der Waals surface area contributed by atoms with Gasteiger partial charge in [-0.05, 0) is 31.5 Å². The van der Waals surface area contributed by atoms with Gasteiger partial charge in [0.2, 0.25) is 0 Å². The van der Waals surface area contributed by atoms with Crippen molar-refractivity contribution in [3.05, 3.63) is 82.0 Å². The van der Waals surface area contributed by atoms with Crippen LogP contribution in [0.25, 0.3) is 5.78 Å². The highest BCUT2D eigenvalue weighted by molar-refractivity contribution is 6.29. The highest BCUT2D eigenvalue weighted by Gasteiger charge is 2.27. The maximum Gasteiger partial charge on any atom is 0.254 e. The Balaban J connectivity index is 1.43. The first-order valence-electron chi connectivity index (χ1n) is 10.9. The molecule has 0 atom stereocenters. The Morgan fingerprint density at radius 1 is 1.03 bits per heavy atom. The van der Waals surface area contributed by atoms with E-state index in [-0.39, 0.29) is 5.91 Å². The summed E-state index contributed by atoms with van der Waals surface area (Å²) in [5, 5.41) is 4.79. The number of pyridine rings is 1. The van der Waals surface area contributed by atoms with Gasteiger partial charge in [-0.3, -0.25) is 4.79 Å². The monoisotopic (exact) mass is 461 g/mol. The van der Waals surface area contributed by atoms with Crippen molar-refractivity contribution in [2.45, 2.75) is 20.3 Å².